The maximum atomic E-state index is 10.9. The molecule has 1 rings (SSSR count). The maximum Gasteiger partial charge on any atom is 0.230 e. The van der Waals surface area contributed by atoms with Gasteiger partial charge in [-0.2, -0.15) is 0 Å². The summed E-state index contributed by atoms with van der Waals surface area (Å²) in [6.07, 6.45) is 0. The van der Waals surface area contributed by atoms with Crippen LogP contribution in [0.15, 0.2) is 30.3 Å². The molecule has 0 unspecified atom stereocenters. The molecule has 0 heterocycles. The second-order valence-electron chi connectivity index (χ2n) is 1.73. The molecule has 0 fully saturated rings. The fourth-order valence-electron chi connectivity index (χ4n) is 0.619. The Hall–Kier alpha value is -0.280. The summed E-state index contributed by atoms with van der Waals surface area (Å²) in [5.41, 5.74) is 0.726. The van der Waals surface area contributed by atoms with Gasteiger partial charge < -0.3 is 0 Å². The molecule has 0 aliphatic rings. The van der Waals surface area contributed by atoms with Gasteiger partial charge in [0.05, 0.1) is 0 Å². The maximum absolute atomic E-state index is 10.9. The monoisotopic (exact) mass is 216 g/mol. The highest BCUT2D eigenvalue weighted by Crippen LogP contribution is 2.17. The van der Waals surface area contributed by atoms with Gasteiger partial charge in [-0.25, -0.2) is 0 Å². The normalized spacial score (nSPS) is 9.30. The Kier molecular flexibility index (Phi) is 2.96. The van der Waals surface area contributed by atoms with Crippen molar-refractivity contribution in [3.8, 4) is 0 Å². The molecule has 52 valence electrons. The zero-order chi connectivity index (χ0) is 7.40. The Bertz CT molecular complexity index is 222. The number of hydrogen-bond acceptors (Lipinski definition) is 2. The van der Waals surface area contributed by atoms with Gasteiger partial charge >= 0.3 is 0 Å². The van der Waals surface area contributed by atoms with E-state index in [0.717, 1.165) is 15.8 Å². The molecule has 0 radical (unpaired) electrons. The molecule has 0 amide bonds. The first-order valence-corrected chi connectivity index (χ1v) is 5.38. The fraction of sp³-hybridized carbons (Fsp3) is 0. The van der Waals surface area contributed by atoms with E-state index in [2.05, 4.69) is 14.8 Å². The van der Waals surface area contributed by atoms with Crippen LogP contribution in [0.25, 0.3) is 0 Å². The van der Waals surface area contributed by atoms with Crippen LogP contribution in [0.4, 0.5) is 0 Å². The summed E-state index contributed by atoms with van der Waals surface area (Å²) in [5.74, 6) is 0. The van der Waals surface area contributed by atoms with E-state index >= 15 is 0 Å². The summed E-state index contributed by atoms with van der Waals surface area (Å²) in [7, 11) is 1.05. The van der Waals surface area contributed by atoms with Crippen LogP contribution in [0.2, 0.25) is 0 Å². The van der Waals surface area contributed by atoms with Gasteiger partial charge in [-0.05, 0) is 25.0 Å². The summed E-state index contributed by atoms with van der Waals surface area (Å²) in [6.45, 7) is 0. The van der Waals surface area contributed by atoms with Gasteiger partial charge in [0.25, 0.3) is 0 Å². The van der Waals surface area contributed by atoms with E-state index in [1.165, 1.54) is 0 Å². The van der Waals surface area contributed by atoms with E-state index in [-0.39, 0.29) is 5.12 Å². The molecule has 3 heteroatoms. The second-order valence-corrected chi connectivity index (χ2v) is 3.23. The van der Waals surface area contributed by atoms with E-state index < -0.39 is 0 Å². The zero-order valence-corrected chi connectivity index (χ0v) is 7.48. The number of carbonyl (C=O) groups excluding carboxylic acids is 1. The van der Waals surface area contributed by atoms with Crippen LogP contribution >= 0.6 is 25.0 Å². The SMILES string of the molecule is O=C(SBr)c1ccccc1. The Labute approximate surface area is 71.0 Å². The van der Waals surface area contributed by atoms with E-state index in [0.29, 0.717) is 0 Å². The third kappa shape index (κ3) is 1.85. The van der Waals surface area contributed by atoms with Gasteiger partial charge in [0.1, 0.15) is 0 Å². The van der Waals surface area contributed by atoms with E-state index in [4.69, 9.17) is 0 Å². The van der Waals surface area contributed by atoms with Crippen molar-refractivity contribution in [1.29, 1.82) is 0 Å². The summed E-state index contributed by atoms with van der Waals surface area (Å²) in [4.78, 5) is 10.9. The van der Waals surface area contributed by atoms with Crippen LogP contribution in [0.1, 0.15) is 10.4 Å². The molecule has 1 nitrogen and oxygen atoms in total. The molecule has 0 aliphatic heterocycles. The standard InChI is InChI=1S/C7H5BrOS/c8-10-7(9)6-4-2-1-3-5-6/h1-5H. The van der Waals surface area contributed by atoms with Crippen molar-refractivity contribution in [2.45, 2.75) is 0 Å². The highest BCUT2D eigenvalue weighted by Gasteiger charge is 2.01. The third-order valence-corrected chi connectivity index (χ3v) is 2.34. The molecule has 0 atom stereocenters. The van der Waals surface area contributed by atoms with Gasteiger partial charge in [0.2, 0.25) is 5.12 Å². The Morgan fingerprint density at radius 1 is 1.30 bits per heavy atom. The first-order valence-electron chi connectivity index (χ1n) is 2.72. The van der Waals surface area contributed by atoms with Gasteiger partial charge in [-0.1, -0.05) is 30.3 Å². The van der Waals surface area contributed by atoms with E-state index in [1.54, 1.807) is 12.1 Å². The number of benzene rings is 1. The van der Waals surface area contributed by atoms with Crippen LogP contribution in [-0.2, 0) is 0 Å². The first kappa shape index (κ1) is 7.82. The minimum Gasteiger partial charge on any atom is -0.281 e. The molecule has 0 bridgehead atoms. The summed E-state index contributed by atoms with van der Waals surface area (Å²) >= 11 is 3.02. The molecular weight excluding hydrogens is 212 g/mol. The smallest absolute Gasteiger partial charge is 0.230 e. The van der Waals surface area contributed by atoms with Crippen LogP contribution < -0.4 is 0 Å². The van der Waals surface area contributed by atoms with E-state index in [9.17, 15) is 4.79 Å². The highest BCUT2D eigenvalue weighted by molar-refractivity contribution is 9.52. The minimum absolute atomic E-state index is 0.0422. The second kappa shape index (κ2) is 3.78. The lowest BCUT2D eigenvalue weighted by atomic mass is 10.2. The predicted molar refractivity (Wildman–Crippen MR) is 47.3 cm³/mol. The first-order chi connectivity index (χ1) is 4.84. The molecule has 1 aromatic carbocycles. The molecule has 0 spiro atoms. The lowest BCUT2D eigenvalue weighted by Gasteiger charge is -1.91. The molecule has 0 saturated heterocycles. The Morgan fingerprint density at radius 2 is 1.90 bits per heavy atom. The average Bonchev–Trinajstić information content (AvgIpc) is 2.05. The van der Waals surface area contributed by atoms with Crippen molar-refractivity contribution in [1.82, 2.24) is 0 Å². The van der Waals surface area contributed by atoms with Crippen molar-refractivity contribution in [3.63, 3.8) is 0 Å². The number of carbonyl (C=O) groups is 1. The van der Waals surface area contributed by atoms with Crippen molar-refractivity contribution < 1.29 is 4.79 Å². The summed E-state index contributed by atoms with van der Waals surface area (Å²) < 4.78 is 0. The quantitative estimate of drug-likeness (QED) is 0.719. The van der Waals surface area contributed by atoms with Gasteiger partial charge in [0.15, 0.2) is 0 Å². The molecule has 0 saturated carbocycles. The molecule has 10 heavy (non-hydrogen) atoms. The number of rotatable bonds is 1. The topological polar surface area (TPSA) is 17.1 Å². The van der Waals surface area contributed by atoms with Crippen molar-refractivity contribution >= 4 is 30.1 Å². The van der Waals surface area contributed by atoms with E-state index in [1.807, 2.05) is 18.2 Å². The molecule has 1 aromatic rings. The van der Waals surface area contributed by atoms with Crippen LogP contribution in [0.3, 0.4) is 0 Å². The molecule has 0 aliphatic carbocycles. The van der Waals surface area contributed by atoms with Gasteiger partial charge in [0, 0.05) is 5.56 Å². The van der Waals surface area contributed by atoms with Crippen LogP contribution in [0, 0.1) is 0 Å². The van der Waals surface area contributed by atoms with Crippen molar-refractivity contribution in [2.24, 2.45) is 0 Å². The lowest BCUT2D eigenvalue weighted by molar-refractivity contribution is 0.109. The van der Waals surface area contributed by atoms with Crippen LogP contribution in [-0.4, -0.2) is 5.12 Å². The van der Waals surface area contributed by atoms with Crippen LogP contribution in [0.5, 0.6) is 0 Å². The summed E-state index contributed by atoms with van der Waals surface area (Å²) in [5, 5.41) is 0.0422. The largest absolute Gasteiger partial charge is 0.281 e. The van der Waals surface area contributed by atoms with Gasteiger partial charge in [-0.3, -0.25) is 4.79 Å². The lowest BCUT2D eigenvalue weighted by Crippen LogP contribution is -1.87. The number of hydrogen-bond donors (Lipinski definition) is 0. The average molecular weight is 217 g/mol. The predicted octanol–water partition coefficient (Wildman–Crippen LogP) is 2.87. The van der Waals surface area contributed by atoms with Crippen molar-refractivity contribution in [2.75, 3.05) is 0 Å². The fourth-order valence-corrected chi connectivity index (χ4v) is 1.40. The van der Waals surface area contributed by atoms with Crippen molar-refractivity contribution in [3.05, 3.63) is 35.9 Å². The highest BCUT2D eigenvalue weighted by atomic mass is 79.9. The van der Waals surface area contributed by atoms with Gasteiger partial charge in [-0.15, -0.1) is 0 Å². The Balaban J connectivity index is 2.85. The molecular formula is C7H5BrOS. The number of halogens is 1. The Morgan fingerprint density at radius 3 is 2.40 bits per heavy atom. The minimum atomic E-state index is 0.0422. The third-order valence-electron chi connectivity index (χ3n) is 1.08. The molecule has 0 aromatic heterocycles. The zero-order valence-electron chi connectivity index (χ0n) is 5.08. The molecule has 0 N–H and O–H groups in total. The summed E-state index contributed by atoms with van der Waals surface area (Å²) in [6, 6.07) is 9.15.